The van der Waals surface area contributed by atoms with Crippen molar-refractivity contribution in [2.24, 2.45) is 0 Å². The van der Waals surface area contributed by atoms with Crippen LogP contribution in [0.4, 0.5) is 5.69 Å². The van der Waals surface area contributed by atoms with Gasteiger partial charge in [-0.05, 0) is 26.2 Å². The van der Waals surface area contributed by atoms with Gasteiger partial charge in [-0.25, -0.2) is 9.48 Å². The topological polar surface area (TPSA) is 97.3 Å². The van der Waals surface area contributed by atoms with Gasteiger partial charge in [-0.15, -0.1) is 5.10 Å². The van der Waals surface area contributed by atoms with Crippen molar-refractivity contribution in [3.05, 3.63) is 30.0 Å². The number of hydrogen-bond donors (Lipinski definition) is 2. The Morgan fingerprint density at radius 2 is 2.00 bits per heavy atom. The predicted molar refractivity (Wildman–Crippen MR) is 75.4 cm³/mol. The number of nitrogens with two attached hydrogens (primary N) is 1. The molecule has 0 radical (unpaired) electrons. The van der Waals surface area contributed by atoms with Gasteiger partial charge in [-0.2, -0.15) is 0 Å². The van der Waals surface area contributed by atoms with Gasteiger partial charge in [0.05, 0.1) is 6.54 Å². The van der Waals surface area contributed by atoms with Crippen molar-refractivity contribution in [1.29, 1.82) is 0 Å². The highest BCUT2D eigenvalue weighted by molar-refractivity contribution is 5.92. The van der Waals surface area contributed by atoms with Gasteiger partial charge in [-0.3, -0.25) is 0 Å². The molecule has 1 heterocycles. The van der Waals surface area contributed by atoms with E-state index in [2.05, 4.69) is 10.3 Å². The number of hydrogen-bond acceptors (Lipinski definition) is 5. The molecule has 0 atom stereocenters. The summed E-state index contributed by atoms with van der Waals surface area (Å²) in [5.41, 5.74) is 7.46. The molecule has 0 saturated heterocycles. The number of aromatic carboxylic acids is 1. The summed E-state index contributed by atoms with van der Waals surface area (Å²) in [4.78, 5) is 13.3. The zero-order chi connectivity index (χ0) is 14.7. The summed E-state index contributed by atoms with van der Waals surface area (Å²) in [6.07, 6.45) is 0. The molecule has 7 heteroatoms. The van der Waals surface area contributed by atoms with Gasteiger partial charge < -0.3 is 15.7 Å². The van der Waals surface area contributed by atoms with Crippen LogP contribution in [0.2, 0.25) is 0 Å². The van der Waals surface area contributed by atoms with E-state index < -0.39 is 5.97 Å². The highest BCUT2D eigenvalue weighted by Gasteiger charge is 2.20. The fourth-order valence-electron chi connectivity index (χ4n) is 1.84. The van der Waals surface area contributed by atoms with Crippen molar-refractivity contribution in [2.75, 3.05) is 26.4 Å². The summed E-state index contributed by atoms with van der Waals surface area (Å²) in [5, 5.41) is 16.9. The van der Waals surface area contributed by atoms with Crippen molar-refractivity contribution >= 4 is 11.7 Å². The Morgan fingerprint density at radius 1 is 1.35 bits per heavy atom. The average molecular weight is 275 g/mol. The Kier molecular flexibility index (Phi) is 3.99. The molecule has 0 fully saturated rings. The van der Waals surface area contributed by atoms with E-state index in [1.54, 1.807) is 28.9 Å². The van der Waals surface area contributed by atoms with Gasteiger partial charge in [0.15, 0.2) is 5.69 Å². The predicted octanol–water partition coefficient (Wildman–Crippen LogP) is 0.787. The minimum absolute atomic E-state index is 0.0477. The molecule has 1 aromatic carbocycles. The Labute approximate surface area is 116 Å². The third kappa shape index (κ3) is 2.94. The molecule has 7 nitrogen and oxygen atoms in total. The summed E-state index contributed by atoms with van der Waals surface area (Å²) >= 11 is 0. The lowest BCUT2D eigenvalue weighted by atomic mass is 10.1. The minimum atomic E-state index is -1.09. The summed E-state index contributed by atoms with van der Waals surface area (Å²) in [6, 6.07) is 6.99. The summed E-state index contributed by atoms with van der Waals surface area (Å²) in [6.45, 7) is 1.30. The highest BCUT2D eigenvalue weighted by atomic mass is 16.4. The third-order valence-electron chi connectivity index (χ3n) is 2.88. The minimum Gasteiger partial charge on any atom is -0.476 e. The van der Waals surface area contributed by atoms with Gasteiger partial charge in [-0.1, -0.05) is 17.3 Å². The van der Waals surface area contributed by atoms with Crippen molar-refractivity contribution in [2.45, 2.75) is 6.54 Å². The lowest BCUT2D eigenvalue weighted by Crippen LogP contribution is -2.19. The first-order chi connectivity index (χ1) is 9.49. The Balaban J connectivity index is 2.44. The number of likely N-dealkylation sites (N-methyl/N-ethyl adjacent to an activating group) is 1. The lowest BCUT2D eigenvalue weighted by molar-refractivity contribution is 0.0691. The summed E-state index contributed by atoms with van der Waals surface area (Å²) in [7, 11) is 3.88. The van der Waals surface area contributed by atoms with Crippen LogP contribution in [0, 0.1) is 0 Å². The first-order valence-electron chi connectivity index (χ1n) is 6.16. The Morgan fingerprint density at radius 3 is 2.55 bits per heavy atom. The van der Waals surface area contributed by atoms with Crippen LogP contribution < -0.4 is 5.73 Å². The lowest BCUT2D eigenvalue weighted by Gasteiger charge is -2.11. The maximum Gasteiger partial charge on any atom is 0.358 e. The van der Waals surface area contributed by atoms with Gasteiger partial charge in [0.1, 0.15) is 5.69 Å². The van der Waals surface area contributed by atoms with Crippen LogP contribution in [0.25, 0.3) is 11.3 Å². The Bertz CT molecular complexity index is 604. The van der Waals surface area contributed by atoms with Crippen LogP contribution in [0.3, 0.4) is 0 Å². The fraction of sp³-hybridized carbons (Fsp3) is 0.308. The molecule has 0 saturated carbocycles. The average Bonchev–Trinajstić information content (AvgIpc) is 2.81. The number of rotatable bonds is 5. The van der Waals surface area contributed by atoms with Crippen LogP contribution in [-0.2, 0) is 6.54 Å². The molecule has 2 aromatic rings. The first kappa shape index (κ1) is 14.0. The van der Waals surface area contributed by atoms with Crippen molar-refractivity contribution in [1.82, 2.24) is 19.9 Å². The van der Waals surface area contributed by atoms with E-state index >= 15 is 0 Å². The smallest absolute Gasteiger partial charge is 0.358 e. The number of carboxylic acid groups (broad SMARTS) is 1. The second-order valence-corrected chi connectivity index (χ2v) is 4.74. The molecule has 20 heavy (non-hydrogen) atoms. The molecule has 0 aliphatic carbocycles. The van der Waals surface area contributed by atoms with E-state index in [0.29, 0.717) is 17.9 Å². The molecule has 2 rings (SSSR count). The third-order valence-corrected chi connectivity index (χ3v) is 2.88. The van der Waals surface area contributed by atoms with Crippen LogP contribution in [0.15, 0.2) is 24.3 Å². The van der Waals surface area contributed by atoms with Crippen molar-refractivity contribution in [3.8, 4) is 11.3 Å². The highest BCUT2D eigenvalue weighted by Crippen LogP contribution is 2.23. The normalized spacial score (nSPS) is 10.9. The molecule has 0 spiro atoms. The van der Waals surface area contributed by atoms with Crippen LogP contribution in [0.5, 0.6) is 0 Å². The molecule has 1 aromatic heterocycles. The van der Waals surface area contributed by atoms with Crippen molar-refractivity contribution in [3.63, 3.8) is 0 Å². The number of benzene rings is 1. The van der Waals surface area contributed by atoms with E-state index in [-0.39, 0.29) is 5.69 Å². The molecule has 0 bridgehead atoms. The zero-order valence-electron chi connectivity index (χ0n) is 11.4. The number of nitrogens with zero attached hydrogens (tertiary/aromatic N) is 4. The van der Waals surface area contributed by atoms with E-state index in [1.807, 2.05) is 19.0 Å². The van der Waals surface area contributed by atoms with Gasteiger partial charge in [0.2, 0.25) is 0 Å². The maximum absolute atomic E-state index is 11.3. The van der Waals surface area contributed by atoms with Crippen LogP contribution in [0.1, 0.15) is 10.5 Å². The molecule has 0 unspecified atom stereocenters. The van der Waals surface area contributed by atoms with E-state index in [4.69, 9.17) is 5.73 Å². The molecule has 0 aliphatic rings. The number of carbonyl (C=O) groups is 1. The number of aromatic nitrogens is 3. The van der Waals surface area contributed by atoms with Crippen LogP contribution >= 0.6 is 0 Å². The van der Waals surface area contributed by atoms with Gasteiger partial charge in [0.25, 0.3) is 0 Å². The van der Waals surface area contributed by atoms with Crippen molar-refractivity contribution < 1.29 is 9.90 Å². The zero-order valence-corrected chi connectivity index (χ0v) is 11.4. The molecule has 3 N–H and O–H groups in total. The van der Waals surface area contributed by atoms with Gasteiger partial charge in [0, 0.05) is 17.8 Å². The number of nitrogen functional groups attached to an aromatic ring is 1. The molecule has 0 amide bonds. The standard InChI is InChI=1S/C13H17N5O2/c1-17(2)7-8-18-12(11(13(19)20)15-16-18)9-3-5-10(14)6-4-9/h3-6H,7-8,14H2,1-2H3,(H,19,20). The molecular weight excluding hydrogens is 258 g/mol. The van der Waals surface area contributed by atoms with E-state index in [9.17, 15) is 9.90 Å². The second kappa shape index (κ2) is 5.70. The largest absolute Gasteiger partial charge is 0.476 e. The Hall–Kier alpha value is -2.41. The monoisotopic (exact) mass is 275 g/mol. The SMILES string of the molecule is CN(C)CCn1nnc(C(=O)O)c1-c1ccc(N)cc1. The number of carboxylic acids is 1. The van der Waals surface area contributed by atoms with Gasteiger partial charge >= 0.3 is 5.97 Å². The van der Waals surface area contributed by atoms with Crippen LogP contribution in [-0.4, -0.2) is 51.6 Å². The molecule has 106 valence electrons. The summed E-state index contributed by atoms with van der Waals surface area (Å²) < 4.78 is 1.61. The molecule has 0 aliphatic heterocycles. The fourth-order valence-corrected chi connectivity index (χ4v) is 1.84. The quantitative estimate of drug-likeness (QED) is 0.783. The second-order valence-electron chi connectivity index (χ2n) is 4.74. The maximum atomic E-state index is 11.3. The van der Waals surface area contributed by atoms with E-state index in [1.165, 1.54) is 0 Å². The first-order valence-corrected chi connectivity index (χ1v) is 6.16. The van der Waals surface area contributed by atoms with E-state index in [0.717, 1.165) is 12.1 Å². The summed E-state index contributed by atoms with van der Waals surface area (Å²) in [5.74, 6) is -1.09. The molecular formula is C13H17N5O2. The number of anilines is 1.